The largest absolute Gasteiger partial charge is 0.283 e. The molecular formula is C16H15N5S2. The van der Waals surface area contributed by atoms with Crippen molar-refractivity contribution in [2.24, 2.45) is 0 Å². The minimum absolute atomic E-state index is 0.533. The van der Waals surface area contributed by atoms with Gasteiger partial charge in [0, 0.05) is 6.54 Å². The van der Waals surface area contributed by atoms with Gasteiger partial charge in [-0.3, -0.25) is 10.00 Å². The number of nitriles is 1. The molecule has 0 radical (unpaired) electrons. The molecule has 0 unspecified atom stereocenters. The number of aromatic amines is 1. The lowest BCUT2D eigenvalue weighted by Gasteiger charge is -2.17. The average Bonchev–Trinajstić information content (AvgIpc) is 3.18. The van der Waals surface area contributed by atoms with Crippen molar-refractivity contribution in [3.05, 3.63) is 57.7 Å². The van der Waals surface area contributed by atoms with Crippen LogP contribution in [0.15, 0.2) is 41.8 Å². The monoisotopic (exact) mass is 341 g/mol. The number of benzene rings is 1. The van der Waals surface area contributed by atoms with Crippen LogP contribution >= 0.6 is 23.6 Å². The van der Waals surface area contributed by atoms with Gasteiger partial charge in [0.2, 0.25) is 4.77 Å². The highest BCUT2D eigenvalue weighted by Crippen LogP contribution is 2.20. The van der Waals surface area contributed by atoms with Crippen LogP contribution in [0, 0.1) is 16.1 Å². The molecule has 0 atom stereocenters. The molecule has 0 amide bonds. The summed E-state index contributed by atoms with van der Waals surface area (Å²) in [5.41, 5.74) is 1.77. The van der Waals surface area contributed by atoms with E-state index >= 15 is 0 Å². The summed E-state index contributed by atoms with van der Waals surface area (Å²) in [6.45, 7) is 1.33. The molecule has 116 valence electrons. The SMILES string of the molecule is CN(Cc1cccc(C#N)c1)Cn1[nH]c(-c2cccs2)nc1=S. The van der Waals surface area contributed by atoms with Crippen LogP contribution in [0.1, 0.15) is 11.1 Å². The molecule has 0 aliphatic carbocycles. The molecular weight excluding hydrogens is 326 g/mol. The minimum atomic E-state index is 0.533. The fourth-order valence-electron chi connectivity index (χ4n) is 2.32. The number of nitrogens with zero attached hydrogens (tertiary/aromatic N) is 4. The standard InChI is InChI=1S/C16H15N5S2/c1-20(10-13-5-2-4-12(8-13)9-17)11-21-16(22)18-15(19-21)14-6-3-7-23-14/h2-8H,10-11H2,1H3,(H,18,19,22). The van der Waals surface area contributed by atoms with Gasteiger partial charge in [0.1, 0.15) is 0 Å². The van der Waals surface area contributed by atoms with Gasteiger partial charge >= 0.3 is 0 Å². The first-order valence-electron chi connectivity index (χ1n) is 7.04. The lowest BCUT2D eigenvalue weighted by Crippen LogP contribution is -2.22. The van der Waals surface area contributed by atoms with Crippen molar-refractivity contribution in [3.8, 4) is 16.8 Å². The van der Waals surface area contributed by atoms with E-state index in [4.69, 9.17) is 17.5 Å². The van der Waals surface area contributed by atoms with Gasteiger partial charge in [0.25, 0.3) is 0 Å². The van der Waals surface area contributed by atoms with E-state index in [-0.39, 0.29) is 0 Å². The summed E-state index contributed by atoms with van der Waals surface area (Å²) in [6, 6.07) is 13.8. The predicted molar refractivity (Wildman–Crippen MR) is 93.3 cm³/mol. The van der Waals surface area contributed by atoms with Crippen LogP contribution in [0.5, 0.6) is 0 Å². The van der Waals surface area contributed by atoms with Gasteiger partial charge in [-0.15, -0.1) is 11.3 Å². The smallest absolute Gasteiger partial charge is 0.217 e. The lowest BCUT2D eigenvalue weighted by atomic mass is 10.1. The van der Waals surface area contributed by atoms with Gasteiger partial charge in [-0.05, 0) is 48.4 Å². The highest BCUT2D eigenvalue weighted by atomic mass is 32.1. The Balaban J connectivity index is 1.72. The Bertz CT molecular complexity index is 886. The number of rotatable bonds is 5. The van der Waals surface area contributed by atoms with Crippen molar-refractivity contribution in [1.82, 2.24) is 19.7 Å². The highest BCUT2D eigenvalue weighted by Gasteiger charge is 2.08. The summed E-state index contributed by atoms with van der Waals surface area (Å²) in [4.78, 5) is 7.59. The molecule has 2 heterocycles. The number of aromatic nitrogens is 3. The molecule has 0 bridgehead atoms. The van der Waals surface area contributed by atoms with Gasteiger partial charge in [-0.2, -0.15) is 10.2 Å². The molecule has 23 heavy (non-hydrogen) atoms. The zero-order valence-electron chi connectivity index (χ0n) is 12.6. The van der Waals surface area contributed by atoms with E-state index in [2.05, 4.69) is 21.1 Å². The number of hydrogen-bond donors (Lipinski definition) is 1. The van der Waals surface area contributed by atoms with Crippen molar-refractivity contribution in [1.29, 1.82) is 5.26 Å². The Kier molecular flexibility index (Phi) is 4.67. The maximum Gasteiger partial charge on any atom is 0.217 e. The third-order valence-electron chi connectivity index (χ3n) is 3.33. The first-order chi connectivity index (χ1) is 11.2. The predicted octanol–water partition coefficient (Wildman–Crippen LogP) is 3.63. The molecule has 0 aliphatic heterocycles. The molecule has 1 aromatic carbocycles. The van der Waals surface area contributed by atoms with Gasteiger partial charge in [-0.25, -0.2) is 4.68 Å². The summed E-state index contributed by atoms with van der Waals surface area (Å²) < 4.78 is 2.38. The van der Waals surface area contributed by atoms with Gasteiger partial charge in [-0.1, -0.05) is 18.2 Å². The maximum atomic E-state index is 8.97. The zero-order valence-corrected chi connectivity index (χ0v) is 14.2. The quantitative estimate of drug-likeness (QED) is 0.720. The molecule has 0 saturated carbocycles. The van der Waals surface area contributed by atoms with Crippen LogP contribution in [0.25, 0.3) is 10.7 Å². The van der Waals surface area contributed by atoms with E-state index in [1.54, 1.807) is 11.3 Å². The van der Waals surface area contributed by atoms with Crippen molar-refractivity contribution in [3.63, 3.8) is 0 Å². The van der Waals surface area contributed by atoms with Crippen molar-refractivity contribution in [2.45, 2.75) is 13.2 Å². The molecule has 5 nitrogen and oxygen atoms in total. The van der Waals surface area contributed by atoms with Crippen LogP contribution in [0.2, 0.25) is 0 Å². The Morgan fingerprint density at radius 1 is 1.39 bits per heavy atom. The van der Waals surface area contributed by atoms with Crippen LogP contribution < -0.4 is 0 Å². The third-order valence-corrected chi connectivity index (χ3v) is 4.51. The Morgan fingerprint density at radius 2 is 2.26 bits per heavy atom. The molecule has 2 aromatic heterocycles. The molecule has 3 rings (SSSR count). The first kappa shape index (κ1) is 15.6. The number of H-pyrrole nitrogens is 1. The van der Waals surface area contributed by atoms with E-state index in [0.29, 0.717) is 17.0 Å². The molecule has 3 aromatic rings. The summed E-state index contributed by atoms with van der Waals surface area (Å²) in [5.74, 6) is 0.796. The van der Waals surface area contributed by atoms with E-state index in [1.807, 2.05) is 53.5 Å². The molecule has 0 saturated heterocycles. The Hall–Kier alpha value is -2.27. The molecule has 7 heteroatoms. The summed E-state index contributed by atoms with van der Waals surface area (Å²) in [7, 11) is 2.01. The van der Waals surface area contributed by atoms with Crippen molar-refractivity contribution < 1.29 is 0 Å². The van der Waals surface area contributed by atoms with Crippen LogP contribution in [0.3, 0.4) is 0 Å². The second kappa shape index (κ2) is 6.87. The Labute approximate surface area is 143 Å². The van der Waals surface area contributed by atoms with Crippen LogP contribution in [-0.2, 0) is 13.2 Å². The van der Waals surface area contributed by atoms with Gasteiger partial charge < -0.3 is 0 Å². The van der Waals surface area contributed by atoms with Crippen LogP contribution in [-0.4, -0.2) is 26.7 Å². The minimum Gasteiger partial charge on any atom is -0.283 e. The van der Waals surface area contributed by atoms with E-state index in [9.17, 15) is 0 Å². The number of thiophene rings is 1. The normalized spacial score (nSPS) is 10.8. The van der Waals surface area contributed by atoms with Crippen molar-refractivity contribution in [2.75, 3.05) is 7.05 Å². The Morgan fingerprint density at radius 3 is 3.00 bits per heavy atom. The maximum absolute atomic E-state index is 8.97. The van der Waals surface area contributed by atoms with E-state index in [0.717, 1.165) is 22.8 Å². The van der Waals surface area contributed by atoms with E-state index < -0.39 is 0 Å². The topological polar surface area (TPSA) is 60.6 Å². The lowest BCUT2D eigenvalue weighted by molar-refractivity contribution is 0.244. The number of hydrogen-bond acceptors (Lipinski definition) is 5. The number of nitrogens with one attached hydrogen (secondary N) is 1. The average molecular weight is 341 g/mol. The third kappa shape index (κ3) is 3.74. The van der Waals surface area contributed by atoms with Crippen LogP contribution in [0.4, 0.5) is 0 Å². The molecule has 0 aliphatic rings. The second-order valence-corrected chi connectivity index (χ2v) is 6.54. The summed E-state index contributed by atoms with van der Waals surface area (Å²) in [5, 5.41) is 14.2. The highest BCUT2D eigenvalue weighted by molar-refractivity contribution is 7.71. The van der Waals surface area contributed by atoms with Gasteiger partial charge in [0.05, 0.1) is 23.2 Å². The molecule has 0 spiro atoms. The second-order valence-electron chi connectivity index (χ2n) is 5.23. The summed E-state index contributed by atoms with van der Waals surface area (Å²) in [6.07, 6.45) is 0. The fraction of sp³-hybridized carbons (Fsp3) is 0.188. The fourth-order valence-corrected chi connectivity index (χ4v) is 3.18. The van der Waals surface area contributed by atoms with E-state index in [1.165, 1.54) is 0 Å². The van der Waals surface area contributed by atoms with Crippen molar-refractivity contribution >= 4 is 23.6 Å². The molecule has 0 fully saturated rings. The van der Waals surface area contributed by atoms with Gasteiger partial charge in [0.15, 0.2) is 5.82 Å². The first-order valence-corrected chi connectivity index (χ1v) is 8.33. The molecule has 1 N–H and O–H groups in total. The zero-order chi connectivity index (χ0) is 16.2. The summed E-state index contributed by atoms with van der Waals surface area (Å²) >= 11 is 6.95.